The summed E-state index contributed by atoms with van der Waals surface area (Å²) in [7, 11) is 0. The minimum atomic E-state index is -0.539. The molecule has 116 valence electrons. The second kappa shape index (κ2) is 7.32. The summed E-state index contributed by atoms with van der Waals surface area (Å²) < 4.78 is 5.74. The standard InChI is InChI=1S/C18H20ClNO2/c1-4-17(22-16-9-6-14(19)7-10-16)18(21)20-15-8-5-12(2)13(3)11-15/h5-11,17H,4H2,1-3H3,(H,20,21)/t17-/m1/s1. The fourth-order valence-corrected chi connectivity index (χ4v) is 2.17. The van der Waals surface area contributed by atoms with Crippen molar-refractivity contribution in [3.63, 3.8) is 0 Å². The molecule has 2 rings (SSSR count). The van der Waals surface area contributed by atoms with Crippen molar-refractivity contribution in [1.29, 1.82) is 0 Å². The molecule has 0 spiro atoms. The van der Waals surface area contributed by atoms with E-state index in [1.165, 1.54) is 5.56 Å². The number of hydrogen-bond donors (Lipinski definition) is 1. The highest BCUT2D eigenvalue weighted by Gasteiger charge is 2.18. The molecule has 0 aliphatic carbocycles. The van der Waals surface area contributed by atoms with Gasteiger partial charge in [0.2, 0.25) is 0 Å². The van der Waals surface area contributed by atoms with Crippen LogP contribution in [0.2, 0.25) is 5.02 Å². The first-order chi connectivity index (χ1) is 10.5. The van der Waals surface area contributed by atoms with Gasteiger partial charge in [-0.15, -0.1) is 0 Å². The topological polar surface area (TPSA) is 38.3 Å². The van der Waals surface area contributed by atoms with Crippen LogP contribution in [0.3, 0.4) is 0 Å². The van der Waals surface area contributed by atoms with Gasteiger partial charge in [0.05, 0.1) is 0 Å². The fourth-order valence-electron chi connectivity index (χ4n) is 2.04. The monoisotopic (exact) mass is 317 g/mol. The number of carbonyl (C=O) groups is 1. The first-order valence-corrected chi connectivity index (χ1v) is 7.67. The summed E-state index contributed by atoms with van der Waals surface area (Å²) in [4.78, 5) is 12.3. The number of rotatable bonds is 5. The number of halogens is 1. The molecule has 1 amide bonds. The predicted molar refractivity (Wildman–Crippen MR) is 90.7 cm³/mol. The Morgan fingerprint density at radius 1 is 1.14 bits per heavy atom. The van der Waals surface area contributed by atoms with Crippen LogP contribution >= 0.6 is 11.6 Å². The molecule has 0 fully saturated rings. The van der Waals surface area contributed by atoms with Crippen molar-refractivity contribution < 1.29 is 9.53 Å². The third kappa shape index (κ3) is 4.25. The Hall–Kier alpha value is -2.00. The molecule has 0 aliphatic heterocycles. The van der Waals surface area contributed by atoms with Gasteiger partial charge in [-0.1, -0.05) is 24.6 Å². The summed E-state index contributed by atoms with van der Waals surface area (Å²) >= 11 is 5.84. The van der Waals surface area contributed by atoms with Crippen LogP contribution in [0.1, 0.15) is 24.5 Å². The largest absolute Gasteiger partial charge is 0.481 e. The molecule has 0 bridgehead atoms. The van der Waals surface area contributed by atoms with Gasteiger partial charge in [-0.2, -0.15) is 0 Å². The number of amides is 1. The van der Waals surface area contributed by atoms with E-state index in [2.05, 4.69) is 5.32 Å². The molecule has 0 saturated carbocycles. The maximum Gasteiger partial charge on any atom is 0.265 e. The molecule has 1 atom stereocenters. The Labute approximate surface area is 136 Å². The fraction of sp³-hybridized carbons (Fsp3) is 0.278. The summed E-state index contributed by atoms with van der Waals surface area (Å²) in [5.74, 6) is 0.479. The van der Waals surface area contributed by atoms with E-state index < -0.39 is 6.10 Å². The highest BCUT2D eigenvalue weighted by atomic mass is 35.5. The molecule has 22 heavy (non-hydrogen) atoms. The van der Waals surface area contributed by atoms with Crippen molar-refractivity contribution in [1.82, 2.24) is 0 Å². The second-order valence-corrected chi connectivity index (χ2v) is 5.69. The molecule has 0 unspecified atom stereocenters. The van der Waals surface area contributed by atoms with E-state index in [4.69, 9.17) is 16.3 Å². The predicted octanol–water partition coefficient (Wildman–Crippen LogP) is 4.75. The van der Waals surface area contributed by atoms with Crippen molar-refractivity contribution in [3.8, 4) is 5.75 Å². The molecule has 0 aromatic heterocycles. The van der Waals surface area contributed by atoms with Crippen molar-refractivity contribution in [3.05, 3.63) is 58.6 Å². The lowest BCUT2D eigenvalue weighted by Gasteiger charge is -2.17. The SMILES string of the molecule is CC[C@@H](Oc1ccc(Cl)cc1)C(=O)Nc1ccc(C)c(C)c1. The number of nitrogens with one attached hydrogen (secondary N) is 1. The lowest BCUT2D eigenvalue weighted by molar-refractivity contribution is -0.122. The maximum atomic E-state index is 12.3. The van der Waals surface area contributed by atoms with Crippen LogP contribution in [0.5, 0.6) is 5.75 Å². The molecule has 1 N–H and O–H groups in total. The first-order valence-electron chi connectivity index (χ1n) is 7.30. The number of aryl methyl sites for hydroxylation is 2. The van der Waals surface area contributed by atoms with Crippen LogP contribution in [-0.4, -0.2) is 12.0 Å². The zero-order valence-corrected chi connectivity index (χ0v) is 13.8. The third-order valence-corrected chi connectivity index (χ3v) is 3.78. The molecule has 4 heteroatoms. The zero-order valence-electron chi connectivity index (χ0n) is 13.0. The molecule has 3 nitrogen and oxygen atoms in total. The maximum absolute atomic E-state index is 12.3. The Balaban J connectivity index is 2.04. The smallest absolute Gasteiger partial charge is 0.265 e. The molecule has 2 aromatic rings. The van der Waals surface area contributed by atoms with Crippen molar-refractivity contribution in [2.24, 2.45) is 0 Å². The van der Waals surface area contributed by atoms with E-state index >= 15 is 0 Å². The van der Waals surface area contributed by atoms with Crippen molar-refractivity contribution >= 4 is 23.2 Å². The van der Waals surface area contributed by atoms with Gasteiger partial charge in [0.15, 0.2) is 6.10 Å². The van der Waals surface area contributed by atoms with Gasteiger partial charge in [-0.3, -0.25) is 4.79 Å². The van der Waals surface area contributed by atoms with E-state index in [-0.39, 0.29) is 5.91 Å². The normalized spacial score (nSPS) is 11.8. The number of carbonyl (C=O) groups excluding carboxylic acids is 1. The van der Waals surface area contributed by atoms with Crippen LogP contribution < -0.4 is 10.1 Å². The van der Waals surface area contributed by atoms with Gasteiger partial charge in [-0.05, 0) is 67.8 Å². The highest BCUT2D eigenvalue weighted by Crippen LogP contribution is 2.19. The summed E-state index contributed by atoms with van der Waals surface area (Å²) in [6, 6.07) is 12.8. The molecule has 0 saturated heterocycles. The van der Waals surface area contributed by atoms with E-state index in [0.29, 0.717) is 17.2 Å². The average Bonchev–Trinajstić information content (AvgIpc) is 2.50. The average molecular weight is 318 g/mol. The van der Waals surface area contributed by atoms with Gasteiger partial charge in [0, 0.05) is 10.7 Å². The summed E-state index contributed by atoms with van der Waals surface area (Å²) in [5, 5.41) is 3.54. The van der Waals surface area contributed by atoms with Crippen molar-refractivity contribution in [2.45, 2.75) is 33.3 Å². The van der Waals surface area contributed by atoms with E-state index in [1.807, 2.05) is 39.0 Å². The van der Waals surface area contributed by atoms with Crippen molar-refractivity contribution in [2.75, 3.05) is 5.32 Å². The third-order valence-electron chi connectivity index (χ3n) is 3.53. The van der Waals surface area contributed by atoms with Gasteiger partial charge in [0.1, 0.15) is 5.75 Å². The zero-order chi connectivity index (χ0) is 16.1. The number of hydrogen-bond acceptors (Lipinski definition) is 2. The summed E-state index contributed by atoms with van der Waals surface area (Å²) in [6.45, 7) is 5.98. The molecular weight excluding hydrogens is 298 g/mol. The molecular formula is C18H20ClNO2. The minimum Gasteiger partial charge on any atom is -0.481 e. The van der Waals surface area contributed by atoms with Gasteiger partial charge >= 0.3 is 0 Å². The van der Waals surface area contributed by atoms with Crippen LogP contribution in [0.4, 0.5) is 5.69 Å². The molecule has 2 aromatic carbocycles. The molecule has 0 aliphatic rings. The van der Waals surface area contributed by atoms with Crippen LogP contribution in [0.25, 0.3) is 0 Å². The quantitative estimate of drug-likeness (QED) is 0.864. The number of ether oxygens (including phenoxy) is 1. The summed E-state index contributed by atoms with van der Waals surface area (Å²) in [5.41, 5.74) is 3.12. The summed E-state index contributed by atoms with van der Waals surface area (Å²) in [6.07, 6.45) is 0.0436. The Morgan fingerprint density at radius 2 is 1.82 bits per heavy atom. The van der Waals surface area contributed by atoms with Gasteiger partial charge in [0.25, 0.3) is 5.91 Å². The lowest BCUT2D eigenvalue weighted by atomic mass is 10.1. The van der Waals surface area contributed by atoms with Crippen LogP contribution in [0.15, 0.2) is 42.5 Å². The number of anilines is 1. The molecule has 0 heterocycles. The Morgan fingerprint density at radius 3 is 2.41 bits per heavy atom. The van der Waals surface area contributed by atoms with E-state index in [1.54, 1.807) is 24.3 Å². The second-order valence-electron chi connectivity index (χ2n) is 5.26. The Kier molecular flexibility index (Phi) is 5.45. The number of benzene rings is 2. The Bertz CT molecular complexity index is 653. The first kappa shape index (κ1) is 16.4. The van der Waals surface area contributed by atoms with E-state index in [9.17, 15) is 4.79 Å². The van der Waals surface area contributed by atoms with E-state index in [0.717, 1.165) is 11.3 Å². The highest BCUT2D eigenvalue weighted by molar-refractivity contribution is 6.30. The van der Waals surface area contributed by atoms with Gasteiger partial charge in [-0.25, -0.2) is 0 Å². The van der Waals surface area contributed by atoms with Crippen LogP contribution in [0, 0.1) is 13.8 Å². The molecule has 0 radical (unpaired) electrons. The van der Waals surface area contributed by atoms with Gasteiger partial charge < -0.3 is 10.1 Å². The minimum absolute atomic E-state index is 0.152. The lowest BCUT2D eigenvalue weighted by Crippen LogP contribution is -2.32. The van der Waals surface area contributed by atoms with Crippen LogP contribution in [-0.2, 0) is 4.79 Å².